The molecule has 0 spiro atoms. The lowest BCUT2D eigenvalue weighted by Crippen LogP contribution is -2.33. The maximum Gasteiger partial charge on any atom is 0.406 e. The molecule has 0 radical (unpaired) electrons. The lowest BCUT2D eigenvalue weighted by Gasteiger charge is -2.31. The van der Waals surface area contributed by atoms with Gasteiger partial charge in [-0.05, 0) is 37.6 Å². The van der Waals surface area contributed by atoms with Crippen LogP contribution >= 0.6 is 0 Å². The fourth-order valence-electron chi connectivity index (χ4n) is 4.19. The van der Waals surface area contributed by atoms with Crippen LogP contribution in [0, 0.1) is 5.82 Å². The van der Waals surface area contributed by atoms with E-state index in [0.717, 1.165) is 36.1 Å². The van der Waals surface area contributed by atoms with Crippen LogP contribution < -0.4 is 4.90 Å². The molecule has 0 amide bonds. The van der Waals surface area contributed by atoms with Gasteiger partial charge in [-0.25, -0.2) is 19.3 Å². The SMILES string of the molecule is COCCN(C)c1nc(C2CCN(Cc3cncc(F)c3)CC2)nc2c1ncn2CC(F)(F)F. The summed E-state index contributed by atoms with van der Waals surface area (Å²) in [7, 11) is 3.39. The molecule has 0 N–H and O–H groups in total. The lowest BCUT2D eigenvalue weighted by atomic mass is 9.95. The van der Waals surface area contributed by atoms with E-state index in [4.69, 9.17) is 9.72 Å². The van der Waals surface area contributed by atoms with Gasteiger partial charge in [-0.15, -0.1) is 0 Å². The Hall–Kier alpha value is -2.86. The molecule has 0 saturated carbocycles. The highest BCUT2D eigenvalue weighted by atomic mass is 19.4. The summed E-state index contributed by atoms with van der Waals surface area (Å²) in [6.45, 7) is 1.84. The van der Waals surface area contributed by atoms with Crippen LogP contribution in [0.25, 0.3) is 11.2 Å². The van der Waals surface area contributed by atoms with Gasteiger partial charge in [-0.1, -0.05) is 0 Å². The van der Waals surface area contributed by atoms with Crippen molar-refractivity contribution in [3.63, 3.8) is 0 Å². The fourth-order valence-corrected chi connectivity index (χ4v) is 4.19. The summed E-state index contributed by atoms with van der Waals surface area (Å²) >= 11 is 0. The Morgan fingerprint density at radius 2 is 1.94 bits per heavy atom. The third kappa shape index (κ3) is 5.79. The van der Waals surface area contributed by atoms with Gasteiger partial charge in [0.1, 0.15) is 18.2 Å². The lowest BCUT2D eigenvalue weighted by molar-refractivity contribution is -0.140. The van der Waals surface area contributed by atoms with Crippen molar-refractivity contribution in [2.24, 2.45) is 0 Å². The van der Waals surface area contributed by atoms with Crippen LogP contribution in [-0.2, 0) is 17.8 Å². The maximum atomic E-state index is 13.4. The number of fused-ring (bicyclic) bond motifs is 1. The van der Waals surface area contributed by atoms with Crippen molar-refractivity contribution in [2.75, 3.05) is 45.3 Å². The van der Waals surface area contributed by atoms with Crippen LogP contribution in [-0.4, -0.2) is 76.0 Å². The number of imidazole rings is 1. The molecule has 1 aliphatic rings. The normalized spacial score (nSPS) is 15.8. The Labute approximate surface area is 194 Å². The summed E-state index contributed by atoms with van der Waals surface area (Å²) < 4.78 is 59.0. The Bertz CT molecular complexity index is 1110. The van der Waals surface area contributed by atoms with E-state index in [1.54, 1.807) is 13.3 Å². The Morgan fingerprint density at radius 3 is 2.62 bits per heavy atom. The molecular weight excluding hydrogens is 454 g/mol. The van der Waals surface area contributed by atoms with Gasteiger partial charge in [0.25, 0.3) is 0 Å². The number of nitrogens with zero attached hydrogens (tertiary/aromatic N) is 7. The summed E-state index contributed by atoms with van der Waals surface area (Å²) in [4.78, 5) is 21.4. The smallest absolute Gasteiger partial charge is 0.383 e. The summed E-state index contributed by atoms with van der Waals surface area (Å²) in [6.07, 6.45) is 1.08. The molecule has 0 atom stereocenters. The molecule has 12 heteroatoms. The van der Waals surface area contributed by atoms with E-state index in [1.165, 1.54) is 18.6 Å². The largest absolute Gasteiger partial charge is 0.406 e. The molecule has 34 heavy (non-hydrogen) atoms. The third-order valence-electron chi connectivity index (χ3n) is 5.93. The number of pyridine rings is 1. The van der Waals surface area contributed by atoms with Gasteiger partial charge in [0, 0.05) is 39.4 Å². The molecule has 1 saturated heterocycles. The second-order valence-electron chi connectivity index (χ2n) is 8.54. The minimum Gasteiger partial charge on any atom is -0.383 e. The molecule has 0 aromatic carbocycles. The van der Waals surface area contributed by atoms with Gasteiger partial charge in [0.2, 0.25) is 0 Å². The van der Waals surface area contributed by atoms with E-state index < -0.39 is 12.7 Å². The number of piperidine rings is 1. The third-order valence-corrected chi connectivity index (χ3v) is 5.93. The van der Waals surface area contributed by atoms with E-state index in [-0.39, 0.29) is 17.4 Å². The fraction of sp³-hybridized carbons (Fsp3) is 0.545. The first-order chi connectivity index (χ1) is 16.2. The topological polar surface area (TPSA) is 72.2 Å². The Morgan fingerprint density at radius 1 is 1.18 bits per heavy atom. The molecule has 8 nitrogen and oxygen atoms in total. The van der Waals surface area contributed by atoms with E-state index >= 15 is 0 Å². The number of alkyl halides is 3. The number of rotatable bonds is 8. The van der Waals surface area contributed by atoms with Crippen LogP contribution in [0.4, 0.5) is 23.4 Å². The minimum absolute atomic E-state index is 0.00454. The number of hydrogen-bond acceptors (Lipinski definition) is 7. The summed E-state index contributed by atoms with van der Waals surface area (Å²) in [5.41, 5.74) is 1.31. The zero-order chi connectivity index (χ0) is 24.3. The Balaban J connectivity index is 1.57. The molecular formula is C22H27F4N7O. The van der Waals surface area contributed by atoms with Crippen LogP contribution in [0.1, 0.15) is 30.1 Å². The van der Waals surface area contributed by atoms with Gasteiger partial charge >= 0.3 is 6.18 Å². The van der Waals surface area contributed by atoms with E-state index in [9.17, 15) is 17.6 Å². The maximum absolute atomic E-state index is 13.4. The van der Waals surface area contributed by atoms with Crippen molar-refractivity contribution in [1.82, 2.24) is 29.4 Å². The van der Waals surface area contributed by atoms with Crippen molar-refractivity contribution in [3.8, 4) is 0 Å². The van der Waals surface area contributed by atoms with Gasteiger partial charge in [0.05, 0.1) is 19.1 Å². The van der Waals surface area contributed by atoms with Gasteiger partial charge in [-0.2, -0.15) is 13.2 Å². The molecule has 4 rings (SSSR count). The van der Waals surface area contributed by atoms with Gasteiger partial charge < -0.3 is 14.2 Å². The second kappa shape index (κ2) is 10.2. The average molecular weight is 481 g/mol. The van der Waals surface area contributed by atoms with Crippen LogP contribution in [0.2, 0.25) is 0 Å². The molecule has 0 bridgehead atoms. The Kier molecular flexibility index (Phi) is 7.27. The first-order valence-corrected chi connectivity index (χ1v) is 11.0. The molecule has 1 fully saturated rings. The first-order valence-electron chi connectivity index (χ1n) is 11.0. The van der Waals surface area contributed by atoms with E-state index in [0.29, 0.717) is 36.9 Å². The number of methoxy groups -OCH3 is 1. The molecule has 0 aliphatic carbocycles. The minimum atomic E-state index is -4.39. The van der Waals surface area contributed by atoms with Crippen molar-refractivity contribution in [1.29, 1.82) is 0 Å². The van der Waals surface area contributed by atoms with Crippen molar-refractivity contribution >= 4 is 17.0 Å². The zero-order valence-electron chi connectivity index (χ0n) is 19.1. The quantitative estimate of drug-likeness (QED) is 0.457. The molecule has 184 valence electrons. The van der Waals surface area contributed by atoms with Gasteiger partial charge in [-0.3, -0.25) is 9.88 Å². The van der Waals surface area contributed by atoms with Crippen molar-refractivity contribution in [3.05, 3.63) is 42.0 Å². The van der Waals surface area contributed by atoms with E-state index in [2.05, 4.69) is 19.9 Å². The van der Waals surface area contributed by atoms with Crippen LogP contribution in [0.3, 0.4) is 0 Å². The molecule has 3 aromatic heterocycles. The number of anilines is 1. The highest BCUT2D eigenvalue weighted by Gasteiger charge is 2.31. The number of ether oxygens (including phenoxy) is 1. The van der Waals surface area contributed by atoms with E-state index in [1.807, 2.05) is 11.9 Å². The van der Waals surface area contributed by atoms with Crippen molar-refractivity contribution in [2.45, 2.75) is 38.0 Å². The van der Waals surface area contributed by atoms with Crippen LogP contribution in [0.15, 0.2) is 24.8 Å². The summed E-state index contributed by atoms with van der Waals surface area (Å²) in [5.74, 6) is 0.638. The van der Waals surface area contributed by atoms with Crippen molar-refractivity contribution < 1.29 is 22.3 Å². The number of likely N-dealkylation sites (N-methyl/N-ethyl adjacent to an activating group) is 1. The molecule has 4 heterocycles. The standard InChI is InChI=1S/C22H27F4N7O/c1-31(7-8-34-2)20-18-21(33(14-28-18)13-22(24,25)26)30-19(29-20)16-3-5-32(6-4-16)12-15-9-17(23)11-27-10-15/h9-11,14,16H,3-8,12-13H2,1-2H3. The highest BCUT2D eigenvalue weighted by Crippen LogP contribution is 2.31. The molecule has 3 aromatic rings. The average Bonchev–Trinajstić information content (AvgIpc) is 3.18. The predicted octanol–water partition coefficient (Wildman–Crippen LogP) is 3.38. The highest BCUT2D eigenvalue weighted by molar-refractivity contribution is 5.83. The monoisotopic (exact) mass is 481 g/mol. The zero-order valence-corrected chi connectivity index (χ0v) is 19.1. The van der Waals surface area contributed by atoms with Crippen LogP contribution in [0.5, 0.6) is 0 Å². The summed E-state index contributed by atoms with van der Waals surface area (Å²) in [5, 5.41) is 0. The number of hydrogen-bond donors (Lipinski definition) is 0. The first kappa shape index (κ1) is 24.3. The van der Waals surface area contributed by atoms with Gasteiger partial charge in [0.15, 0.2) is 17.0 Å². The predicted molar refractivity (Wildman–Crippen MR) is 118 cm³/mol. The number of halogens is 4. The number of aromatic nitrogens is 5. The number of likely N-dealkylation sites (tertiary alicyclic amines) is 1. The second-order valence-corrected chi connectivity index (χ2v) is 8.54. The molecule has 1 aliphatic heterocycles. The summed E-state index contributed by atoms with van der Waals surface area (Å²) in [6, 6.07) is 1.47. The molecule has 0 unspecified atom stereocenters.